The number of ether oxygens (including phenoxy) is 1. The molecule has 0 spiro atoms. The van der Waals surface area contributed by atoms with E-state index < -0.39 is 0 Å². The summed E-state index contributed by atoms with van der Waals surface area (Å²) < 4.78 is 6.30. The average Bonchev–Trinajstić information content (AvgIpc) is 2.48. The SMILES string of the molecule is COc1ccc(CC(C)NC(C)c2ccc(Br)cc2)cc1. The Hall–Kier alpha value is -1.32. The van der Waals surface area contributed by atoms with Crippen molar-refractivity contribution in [1.29, 1.82) is 0 Å². The molecule has 3 heteroatoms. The van der Waals surface area contributed by atoms with E-state index in [4.69, 9.17) is 4.74 Å². The normalized spacial score (nSPS) is 13.7. The van der Waals surface area contributed by atoms with Gasteiger partial charge in [0.25, 0.3) is 0 Å². The summed E-state index contributed by atoms with van der Waals surface area (Å²) in [5.74, 6) is 0.905. The van der Waals surface area contributed by atoms with E-state index in [1.807, 2.05) is 12.1 Å². The van der Waals surface area contributed by atoms with Crippen molar-refractivity contribution in [2.45, 2.75) is 32.4 Å². The van der Waals surface area contributed by atoms with Gasteiger partial charge in [0.15, 0.2) is 0 Å². The third kappa shape index (κ3) is 4.87. The zero-order valence-corrected chi connectivity index (χ0v) is 14.4. The Balaban J connectivity index is 1.91. The molecule has 2 aromatic rings. The molecule has 0 saturated heterocycles. The predicted octanol–water partition coefficient (Wildman–Crippen LogP) is 4.74. The monoisotopic (exact) mass is 347 g/mol. The molecule has 2 atom stereocenters. The van der Waals surface area contributed by atoms with Gasteiger partial charge in [-0.3, -0.25) is 0 Å². The maximum Gasteiger partial charge on any atom is 0.118 e. The first-order valence-electron chi connectivity index (χ1n) is 7.23. The number of hydrogen-bond donors (Lipinski definition) is 1. The van der Waals surface area contributed by atoms with E-state index in [9.17, 15) is 0 Å². The van der Waals surface area contributed by atoms with Crippen LogP contribution in [-0.4, -0.2) is 13.2 Å². The summed E-state index contributed by atoms with van der Waals surface area (Å²) in [7, 11) is 1.69. The van der Waals surface area contributed by atoms with Crippen molar-refractivity contribution in [3.05, 3.63) is 64.1 Å². The molecule has 0 aliphatic carbocycles. The second kappa shape index (κ2) is 7.62. The molecular weight excluding hydrogens is 326 g/mol. The summed E-state index contributed by atoms with van der Waals surface area (Å²) in [6.45, 7) is 4.42. The summed E-state index contributed by atoms with van der Waals surface area (Å²) >= 11 is 3.47. The van der Waals surface area contributed by atoms with Crippen LogP contribution in [0.2, 0.25) is 0 Å². The summed E-state index contributed by atoms with van der Waals surface area (Å²) in [6.07, 6.45) is 1.00. The number of rotatable bonds is 6. The molecule has 2 nitrogen and oxygen atoms in total. The van der Waals surface area contributed by atoms with Crippen molar-refractivity contribution in [3.8, 4) is 5.75 Å². The smallest absolute Gasteiger partial charge is 0.118 e. The van der Waals surface area contributed by atoms with Gasteiger partial charge < -0.3 is 10.1 Å². The fourth-order valence-corrected chi connectivity index (χ4v) is 2.71. The van der Waals surface area contributed by atoms with Gasteiger partial charge in [-0.05, 0) is 55.7 Å². The zero-order chi connectivity index (χ0) is 15.2. The van der Waals surface area contributed by atoms with Gasteiger partial charge in [-0.2, -0.15) is 0 Å². The van der Waals surface area contributed by atoms with Crippen molar-refractivity contribution in [2.75, 3.05) is 7.11 Å². The van der Waals surface area contributed by atoms with E-state index in [1.165, 1.54) is 11.1 Å². The van der Waals surface area contributed by atoms with E-state index in [0.29, 0.717) is 12.1 Å². The van der Waals surface area contributed by atoms with Crippen molar-refractivity contribution < 1.29 is 4.74 Å². The molecule has 0 amide bonds. The Morgan fingerprint density at radius 1 is 1.00 bits per heavy atom. The fraction of sp³-hybridized carbons (Fsp3) is 0.333. The summed E-state index contributed by atoms with van der Waals surface area (Å²) in [4.78, 5) is 0. The van der Waals surface area contributed by atoms with Crippen LogP contribution in [0, 0.1) is 0 Å². The minimum absolute atomic E-state index is 0.339. The van der Waals surface area contributed by atoms with Crippen LogP contribution in [0.3, 0.4) is 0 Å². The van der Waals surface area contributed by atoms with Gasteiger partial charge in [-0.15, -0.1) is 0 Å². The van der Waals surface area contributed by atoms with E-state index in [1.54, 1.807) is 7.11 Å². The molecule has 0 heterocycles. The minimum atomic E-state index is 0.339. The van der Waals surface area contributed by atoms with E-state index >= 15 is 0 Å². The second-order valence-electron chi connectivity index (χ2n) is 5.39. The number of methoxy groups -OCH3 is 1. The second-order valence-corrected chi connectivity index (χ2v) is 6.31. The molecule has 2 unspecified atom stereocenters. The molecule has 2 aromatic carbocycles. The summed E-state index contributed by atoms with van der Waals surface area (Å²) in [5, 5.41) is 3.65. The lowest BCUT2D eigenvalue weighted by Crippen LogP contribution is -2.30. The van der Waals surface area contributed by atoms with Gasteiger partial charge in [-0.25, -0.2) is 0 Å². The van der Waals surface area contributed by atoms with Crippen LogP contribution in [0.4, 0.5) is 0 Å². The maximum absolute atomic E-state index is 5.19. The van der Waals surface area contributed by atoms with E-state index in [2.05, 4.69) is 71.5 Å². The number of nitrogens with one attached hydrogen (secondary N) is 1. The van der Waals surface area contributed by atoms with E-state index in [0.717, 1.165) is 16.6 Å². The van der Waals surface area contributed by atoms with Gasteiger partial charge in [0.2, 0.25) is 0 Å². The molecule has 1 N–H and O–H groups in total. The molecule has 0 saturated carbocycles. The number of hydrogen-bond acceptors (Lipinski definition) is 2. The zero-order valence-electron chi connectivity index (χ0n) is 12.8. The predicted molar refractivity (Wildman–Crippen MR) is 91.9 cm³/mol. The molecule has 2 rings (SSSR count). The molecule has 0 aromatic heterocycles. The summed E-state index contributed by atoms with van der Waals surface area (Å²) in [6, 6.07) is 17.5. The van der Waals surface area contributed by atoms with E-state index in [-0.39, 0.29) is 0 Å². The van der Waals surface area contributed by atoms with Crippen molar-refractivity contribution in [2.24, 2.45) is 0 Å². The molecule has 0 fully saturated rings. The van der Waals surface area contributed by atoms with Gasteiger partial charge in [0.1, 0.15) is 5.75 Å². The highest BCUT2D eigenvalue weighted by molar-refractivity contribution is 9.10. The highest BCUT2D eigenvalue weighted by Crippen LogP contribution is 2.18. The van der Waals surface area contributed by atoms with Crippen molar-refractivity contribution in [1.82, 2.24) is 5.32 Å². The third-order valence-electron chi connectivity index (χ3n) is 3.61. The van der Waals surface area contributed by atoms with Gasteiger partial charge >= 0.3 is 0 Å². The Bertz CT molecular complexity index is 550. The lowest BCUT2D eigenvalue weighted by Gasteiger charge is -2.20. The van der Waals surface area contributed by atoms with Gasteiger partial charge in [0, 0.05) is 16.6 Å². The average molecular weight is 348 g/mol. The van der Waals surface area contributed by atoms with Crippen LogP contribution in [0.5, 0.6) is 5.75 Å². The Labute approximate surface area is 135 Å². The van der Waals surface area contributed by atoms with Crippen molar-refractivity contribution in [3.63, 3.8) is 0 Å². The first kappa shape index (κ1) is 16.1. The first-order chi connectivity index (χ1) is 10.1. The van der Waals surface area contributed by atoms with Gasteiger partial charge in [-0.1, -0.05) is 40.2 Å². The maximum atomic E-state index is 5.19. The van der Waals surface area contributed by atoms with Crippen LogP contribution >= 0.6 is 15.9 Å². The van der Waals surface area contributed by atoms with Crippen LogP contribution in [0.15, 0.2) is 53.0 Å². The lowest BCUT2D eigenvalue weighted by molar-refractivity contribution is 0.414. The van der Waals surface area contributed by atoms with Gasteiger partial charge in [0.05, 0.1) is 7.11 Å². The van der Waals surface area contributed by atoms with Crippen LogP contribution in [0.25, 0.3) is 0 Å². The number of benzene rings is 2. The molecule has 0 aliphatic rings. The van der Waals surface area contributed by atoms with Crippen LogP contribution in [0.1, 0.15) is 31.0 Å². The molecule has 112 valence electrons. The molecular formula is C18H22BrNO. The standard InChI is InChI=1S/C18H22BrNO/c1-13(12-15-4-10-18(21-3)11-5-15)20-14(2)16-6-8-17(19)9-7-16/h4-11,13-14,20H,12H2,1-3H3. The van der Waals surface area contributed by atoms with Crippen LogP contribution < -0.4 is 10.1 Å². The van der Waals surface area contributed by atoms with Crippen LogP contribution in [-0.2, 0) is 6.42 Å². The molecule has 0 radical (unpaired) electrons. The topological polar surface area (TPSA) is 21.3 Å². The third-order valence-corrected chi connectivity index (χ3v) is 4.13. The Morgan fingerprint density at radius 2 is 1.62 bits per heavy atom. The quantitative estimate of drug-likeness (QED) is 0.814. The minimum Gasteiger partial charge on any atom is -0.497 e. The number of halogens is 1. The lowest BCUT2D eigenvalue weighted by atomic mass is 10.0. The summed E-state index contributed by atoms with van der Waals surface area (Å²) in [5.41, 5.74) is 2.62. The molecule has 21 heavy (non-hydrogen) atoms. The highest BCUT2D eigenvalue weighted by atomic mass is 79.9. The van der Waals surface area contributed by atoms with Crippen molar-refractivity contribution >= 4 is 15.9 Å². The fourth-order valence-electron chi connectivity index (χ4n) is 2.45. The Kier molecular flexibility index (Phi) is 5.83. The first-order valence-corrected chi connectivity index (χ1v) is 8.02. The highest BCUT2D eigenvalue weighted by Gasteiger charge is 2.10. The largest absolute Gasteiger partial charge is 0.497 e. The molecule has 0 bridgehead atoms. The Morgan fingerprint density at radius 3 is 2.19 bits per heavy atom. The molecule has 0 aliphatic heterocycles.